The summed E-state index contributed by atoms with van der Waals surface area (Å²) >= 11 is 0. The average Bonchev–Trinajstić information content (AvgIpc) is 3.09. The van der Waals surface area contributed by atoms with Gasteiger partial charge in [-0.05, 0) is 42.9 Å². The van der Waals surface area contributed by atoms with E-state index in [1.807, 2.05) is 0 Å². The Balaban J connectivity index is 2.06. The van der Waals surface area contributed by atoms with Crippen molar-refractivity contribution in [2.24, 2.45) is 5.92 Å². The lowest BCUT2D eigenvalue weighted by atomic mass is 9.83. The predicted octanol–water partition coefficient (Wildman–Crippen LogP) is 6.99. The molecule has 0 saturated heterocycles. The summed E-state index contributed by atoms with van der Waals surface area (Å²) in [6, 6.07) is 12.0. The predicted molar refractivity (Wildman–Crippen MR) is 187 cm³/mol. The molecule has 0 fully saturated rings. The molecule has 0 spiro atoms. The molecule has 2 rings (SSSR count). The second kappa shape index (κ2) is 22.7. The molecule has 0 heterocycles. The number of hydrogen-bond donors (Lipinski definition) is 3. The zero-order valence-electron chi connectivity index (χ0n) is 29.3. The van der Waals surface area contributed by atoms with E-state index in [9.17, 15) is 33.8 Å². The van der Waals surface area contributed by atoms with Crippen molar-refractivity contribution in [1.29, 1.82) is 0 Å². The number of ether oxygens (including phenoxy) is 2. The van der Waals surface area contributed by atoms with E-state index in [2.05, 4.69) is 12.2 Å². The molecule has 0 aromatic heterocycles. The summed E-state index contributed by atoms with van der Waals surface area (Å²) in [6.45, 7) is 2.05. The number of methoxy groups -OCH3 is 2. The van der Waals surface area contributed by atoms with E-state index >= 15 is 0 Å². The number of benzene rings is 2. The van der Waals surface area contributed by atoms with Gasteiger partial charge in [0.15, 0.2) is 5.60 Å². The van der Waals surface area contributed by atoms with E-state index in [1.54, 1.807) is 48.5 Å². The van der Waals surface area contributed by atoms with Crippen molar-refractivity contribution in [1.82, 2.24) is 5.32 Å². The Morgan fingerprint density at radius 1 is 0.898 bits per heavy atom. The number of aliphatic hydroxyl groups is 1. The van der Waals surface area contributed by atoms with Gasteiger partial charge in [-0.3, -0.25) is 9.59 Å². The van der Waals surface area contributed by atoms with Gasteiger partial charge in [0.2, 0.25) is 5.91 Å². The van der Waals surface area contributed by atoms with Crippen LogP contribution in [0.25, 0.3) is 11.1 Å². The highest BCUT2D eigenvalue weighted by molar-refractivity contribution is 5.92. The number of esters is 1. The Morgan fingerprint density at radius 2 is 1.53 bits per heavy atom. The number of carbonyl (C=O) groups is 4. The molecule has 2 aromatic carbocycles. The van der Waals surface area contributed by atoms with Gasteiger partial charge in [-0.1, -0.05) is 100 Å². The lowest BCUT2D eigenvalue weighted by molar-refractivity contribution is -0.169. The maximum atomic E-state index is 14.3. The van der Waals surface area contributed by atoms with Crippen LogP contribution in [0.3, 0.4) is 0 Å². The number of carboxylic acids is 1. The number of rotatable bonds is 25. The molecule has 0 bridgehead atoms. The van der Waals surface area contributed by atoms with Crippen molar-refractivity contribution in [3.05, 3.63) is 72.1 Å². The average molecular weight is 684 g/mol. The van der Waals surface area contributed by atoms with Gasteiger partial charge in [0, 0.05) is 45.0 Å². The summed E-state index contributed by atoms with van der Waals surface area (Å²) in [5.74, 6) is -4.81. The third kappa shape index (κ3) is 14.2. The lowest BCUT2D eigenvalue weighted by Crippen LogP contribution is -2.55. The normalized spacial score (nSPS) is 13.8. The van der Waals surface area contributed by atoms with Crippen LogP contribution in [0.2, 0.25) is 0 Å². The van der Waals surface area contributed by atoms with E-state index < -0.39 is 35.4 Å². The number of carboxylic acid groups (broad SMARTS) is 1. The summed E-state index contributed by atoms with van der Waals surface area (Å²) in [5, 5.41) is 23.9. The molecule has 0 aliphatic carbocycles. The zero-order chi connectivity index (χ0) is 36.1. The first-order valence-corrected chi connectivity index (χ1v) is 17.4. The molecule has 10 heteroatoms. The third-order valence-electron chi connectivity index (χ3n) is 8.70. The van der Waals surface area contributed by atoms with E-state index in [0.717, 1.165) is 38.5 Å². The number of unbranched alkanes of at least 4 members (excludes halogenated alkanes) is 8. The van der Waals surface area contributed by atoms with E-state index in [-0.39, 0.29) is 25.3 Å². The highest BCUT2D eigenvalue weighted by Gasteiger charge is 2.47. The van der Waals surface area contributed by atoms with Gasteiger partial charge in [-0.25, -0.2) is 14.0 Å². The SMILES string of the molecule is CCCCCCCC(=O)CCCCCC/C=C/[C@H](C(=O)NC(Cc1ccc(-c2ccccc2F)cc1)C(=O)OC)[C@@](O)(CCOC)C(=O)O. The highest BCUT2D eigenvalue weighted by Crippen LogP contribution is 2.27. The molecule has 0 saturated carbocycles. The number of ketones is 1. The molecule has 0 aliphatic heterocycles. The molecular formula is C39H54FNO8. The number of nitrogens with one attached hydrogen (secondary N) is 1. The van der Waals surface area contributed by atoms with Crippen LogP contribution in [0, 0.1) is 11.7 Å². The van der Waals surface area contributed by atoms with E-state index in [4.69, 9.17) is 9.47 Å². The summed E-state index contributed by atoms with van der Waals surface area (Å²) in [5.41, 5.74) is -0.805. The number of allylic oxidation sites excluding steroid dienone is 1. The Kier molecular flexibility index (Phi) is 19.1. The van der Waals surface area contributed by atoms with Crippen LogP contribution < -0.4 is 5.32 Å². The van der Waals surface area contributed by atoms with Crippen LogP contribution in [-0.4, -0.2) is 66.3 Å². The first-order valence-electron chi connectivity index (χ1n) is 17.4. The third-order valence-corrected chi connectivity index (χ3v) is 8.70. The quantitative estimate of drug-likeness (QED) is 0.0579. The van der Waals surface area contributed by atoms with Crippen molar-refractivity contribution in [2.75, 3.05) is 20.8 Å². The first-order chi connectivity index (χ1) is 23.6. The monoisotopic (exact) mass is 683 g/mol. The van der Waals surface area contributed by atoms with Gasteiger partial charge in [-0.2, -0.15) is 0 Å². The Labute approximate surface area is 290 Å². The molecule has 0 aliphatic rings. The Morgan fingerprint density at radius 3 is 2.12 bits per heavy atom. The number of aliphatic carboxylic acids is 1. The molecule has 3 N–H and O–H groups in total. The minimum absolute atomic E-state index is 0.0112. The molecule has 1 amide bonds. The maximum Gasteiger partial charge on any atom is 0.336 e. The Bertz CT molecular complexity index is 1340. The molecular weight excluding hydrogens is 629 g/mol. The van der Waals surface area contributed by atoms with Crippen molar-refractivity contribution >= 4 is 23.6 Å². The molecule has 2 aromatic rings. The van der Waals surface area contributed by atoms with Gasteiger partial charge in [-0.15, -0.1) is 0 Å². The second-order valence-electron chi connectivity index (χ2n) is 12.5. The van der Waals surface area contributed by atoms with Crippen LogP contribution in [0.1, 0.15) is 96.0 Å². The van der Waals surface area contributed by atoms with Gasteiger partial charge in [0.1, 0.15) is 17.6 Å². The van der Waals surface area contributed by atoms with Gasteiger partial charge < -0.3 is 25.0 Å². The van der Waals surface area contributed by atoms with Crippen LogP contribution >= 0.6 is 0 Å². The lowest BCUT2D eigenvalue weighted by Gasteiger charge is -2.30. The maximum absolute atomic E-state index is 14.3. The van der Waals surface area contributed by atoms with Crippen molar-refractivity contribution in [3.8, 4) is 11.1 Å². The topological polar surface area (TPSA) is 139 Å². The number of carbonyl (C=O) groups excluding carboxylic acids is 3. The first kappa shape index (κ1) is 41.3. The second-order valence-corrected chi connectivity index (χ2v) is 12.5. The summed E-state index contributed by atoms with van der Waals surface area (Å²) in [6.07, 6.45) is 13.4. The molecule has 1 unspecified atom stereocenters. The number of hydrogen-bond acceptors (Lipinski definition) is 7. The zero-order valence-corrected chi connectivity index (χ0v) is 29.3. The largest absolute Gasteiger partial charge is 0.479 e. The number of halogens is 1. The smallest absolute Gasteiger partial charge is 0.336 e. The molecule has 49 heavy (non-hydrogen) atoms. The van der Waals surface area contributed by atoms with Crippen molar-refractivity contribution in [2.45, 2.75) is 108 Å². The Hall–Kier alpha value is -3.89. The molecule has 9 nitrogen and oxygen atoms in total. The van der Waals surface area contributed by atoms with Gasteiger partial charge in [0.05, 0.1) is 13.0 Å². The van der Waals surface area contributed by atoms with Crippen molar-refractivity contribution in [3.63, 3.8) is 0 Å². The van der Waals surface area contributed by atoms with Crippen LogP contribution in [0.4, 0.5) is 4.39 Å². The minimum atomic E-state index is -2.50. The molecule has 0 radical (unpaired) electrons. The van der Waals surface area contributed by atoms with Crippen LogP contribution in [0.5, 0.6) is 0 Å². The fraction of sp³-hybridized carbons (Fsp3) is 0.538. The summed E-state index contributed by atoms with van der Waals surface area (Å²) < 4.78 is 24.2. The van der Waals surface area contributed by atoms with E-state index in [1.165, 1.54) is 45.6 Å². The molecule has 270 valence electrons. The number of Topliss-reactive ketones (excluding diaryl/α,β-unsaturated/α-hetero) is 1. The van der Waals surface area contributed by atoms with Crippen molar-refractivity contribution < 1.29 is 43.3 Å². The van der Waals surface area contributed by atoms with Gasteiger partial charge in [0.25, 0.3) is 0 Å². The summed E-state index contributed by atoms with van der Waals surface area (Å²) in [7, 11) is 2.54. The number of amides is 1. The standard InChI is InChI=1S/C39H54FNO8/c1-4-5-6-9-12-17-31(42)18-13-10-7-8-11-14-20-33(39(47,38(45)46)26-27-48-2)36(43)41-35(37(44)49-3)28-29-22-24-30(25-23-29)32-19-15-16-21-34(32)40/h14-16,19-25,33,35,47H,4-13,17-18,26-28H2,1-3H3,(H,41,43)(H,45,46)/b20-14+/t33-,35?,39+/m1/s1. The fourth-order valence-electron chi connectivity index (χ4n) is 5.69. The van der Waals surface area contributed by atoms with Crippen LogP contribution in [0.15, 0.2) is 60.7 Å². The fourth-order valence-corrected chi connectivity index (χ4v) is 5.69. The van der Waals surface area contributed by atoms with Crippen LogP contribution in [-0.2, 0) is 35.1 Å². The van der Waals surface area contributed by atoms with Gasteiger partial charge >= 0.3 is 11.9 Å². The minimum Gasteiger partial charge on any atom is -0.479 e. The molecule has 3 atom stereocenters. The summed E-state index contributed by atoms with van der Waals surface area (Å²) in [4.78, 5) is 50.8. The van der Waals surface area contributed by atoms with E-state index in [0.29, 0.717) is 41.7 Å². The highest BCUT2D eigenvalue weighted by atomic mass is 19.1.